The van der Waals surface area contributed by atoms with E-state index in [1.807, 2.05) is 54.2 Å². The van der Waals surface area contributed by atoms with Gasteiger partial charge in [-0.15, -0.1) is 0 Å². The second kappa shape index (κ2) is 7.66. The minimum Gasteiger partial charge on any atom is -0.496 e. The van der Waals surface area contributed by atoms with Crippen LogP contribution in [0.1, 0.15) is 27.0 Å². The molecule has 25 heavy (non-hydrogen) atoms. The third kappa shape index (κ3) is 4.07. The number of rotatable bonds is 6. The summed E-state index contributed by atoms with van der Waals surface area (Å²) < 4.78 is 7.15. The van der Waals surface area contributed by atoms with Crippen molar-refractivity contribution in [1.82, 2.24) is 15.1 Å². The van der Waals surface area contributed by atoms with E-state index in [0.717, 1.165) is 16.7 Å². The number of hydrogen-bond donors (Lipinski definition) is 1. The van der Waals surface area contributed by atoms with Crippen molar-refractivity contribution in [2.75, 3.05) is 7.11 Å². The average molecular weight is 335 g/mol. The number of amides is 1. The summed E-state index contributed by atoms with van der Waals surface area (Å²) in [5, 5.41) is 7.22. The largest absolute Gasteiger partial charge is 0.496 e. The molecule has 3 rings (SSSR count). The number of aryl methyl sites for hydroxylation is 1. The van der Waals surface area contributed by atoms with Gasteiger partial charge in [0.2, 0.25) is 0 Å². The molecule has 5 nitrogen and oxygen atoms in total. The molecule has 0 aliphatic rings. The zero-order valence-corrected chi connectivity index (χ0v) is 14.4. The molecule has 1 aromatic heterocycles. The summed E-state index contributed by atoms with van der Waals surface area (Å²) in [7, 11) is 1.61. The van der Waals surface area contributed by atoms with Crippen molar-refractivity contribution in [3.63, 3.8) is 0 Å². The van der Waals surface area contributed by atoms with E-state index in [9.17, 15) is 4.79 Å². The van der Waals surface area contributed by atoms with Gasteiger partial charge in [0.25, 0.3) is 5.91 Å². The summed E-state index contributed by atoms with van der Waals surface area (Å²) in [6, 6.07) is 15.4. The normalized spacial score (nSPS) is 10.5. The molecule has 0 bridgehead atoms. The Morgan fingerprint density at radius 3 is 2.68 bits per heavy atom. The minimum atomic E-state index is -0.118. The first-order chi connectivity index (χ1) is 12.2. The van der Waals surface area contributed by atoms with Gasteiger partial charge in [-0.25, -0.2) is 0 Å². The molecule has 3 aromatic rings. The van der Waals surface area contributed by atoms with Crippen LogP contribution in [0.15, 0.2) is 60.9 Å². The number of aromatic nitrogens is 2. The Morgan fingerprint density at radius 1 is 1.16 bits per heavy atom. The van der Waals surface area contributed by atoms with Gasteiger partial charge in [0, 0.05) is 24.5 Å². The molecule has 1 heterocycles. The molecule has 0 atom stereocenters. The Bertz CT molecular complexity index is 857. The first kappa shape index (κ1) is 16.8. The average Bonchev–Trinajstić information content (AvgIpc) is 3.14. The smallest absolute Gasteiger partial charge is 0.251 e. The highest BCUT2D eigenvalue weighted by molar-refractivity contribution is 5.94. The maximum absolute atomic E-state index is 12.4. The summed E-state index contributed by atoms with van der Waals surface area (Å²) in [5.41, 5.74) is 3.80. The van der Waals surface area contributed by atoms with Gasteiger partial charge in [-0.3, -0.25) is 9.48 Å². The summed E-state index contributed by atoms with van der Waals surface area (Å²) in [6.45, 7) is 3.09. The van der Waals surface area contributed by atoms with Crippen molar-refractivity contribution in [3.05, 3.63) is 83.2 Å². The molecule has 0 fully saturated rings. The fourth-order valence-electron chi connectivity index (χ4n) is 2.69. The summed E-state index contributed by atoms with van der Waals surface area (Å²) >= 11 is 0. The van der Waals surface area contributed by atoms with Gasteiger partial charge in [-0.1, -0.05) is 30.3 Å². The van der Waals surface area contributed by atoms with Crippen molar-refractivity contribution in [3.8, 4) is 5.75 Å². The van der Waals surface area contributed by atoms with E-state index in [0.29, 0.717) is 24.4 Å². The van der Waals surface area contributed by atoms with E-state index < -0.39 is 0 Å². The molecule has 0 saturated carbocycles. The van der Waals surface area contributed by atoms with E-state index >= 15 is 0 Å². The number of benzene rings is 2. The Kier molecular flexibility index (Phi) is 5.14. The third-order valence-corrected chi connectivity index (χ3v) is 4.12. The number of carbonyl (C=O) groups excluding carboxylic acids is 1. The van der Waals surface area contributed by atoms with E-state index in [4.69, 9.17) is 4.74 Å². The van der Waals surface area contributed by atoms with Crippen molar-refractivity contribution in [2.24, 2.45) is 0 Å². The lowest BCUT2D eigenvalue weighted by molar-refractivity contribution is 0.0950. The highest BCUT2D eigenvalue weighted by Crippen LogP contribution is 2.19. The third-order valence-electron chi connectivity index (χ3n) is 4.12. The standard InChI is InChI=1S/C20H21N3O2/c1-15-8-9-16(12-19(15)25-2)20(24)21-13-17-6-3-4-7-18(17)14-23-11-5-10-22-23/h3-12H,13-14H2,1-2H3,(H,21,24). The molecule has 0 spiro atoms. The lowest BCUT2D eigenvalue weighted by Crippen LogP contribution is -2.23. The summed E-state index contributed by atoms with van der Waals surface area (Å²) in [6.07, 6.45) is 3.68. The maximum Gasteiger partial charge on any atom is 0.251 e. The predicted octanol–water partition coefficient (Wildman–Crippen LogP) is 3.18. The van der Waals surface area contributed by atoms with Crippen molar-refractivity contribution < 1.29 is 9.53 Å². The molecule has 1 amide bonds. The number of carbonyl (C=O) groups is 1. The van der Waals surface area contributed by atoms with Crippen LogP contribution in [0.4, 0.5) is 0 Å². The van der Waals surface area contributed by atoms with Gasteiger partial charge >= 0.3 is 0 Å². The van der Waals surface area contributed by atoms with Crippen LogP contribution in [0, 0.1) is 6.92 Å². The van der Waals surface area contributed by atoms with Gasteiger partial charge in [0.1, 0.15) is 5.75 Å². The Labute approximate surface area is 147 Å². The van der Waals surface area contributed by atoms with Crippen LogP contribution in [0.3, 0.4) is 0 Å². The number of nitrogens with one attached hydrogen (secondary N) is 1. The number of ether oxygens (including phenoxy) is 1. The number of methoxy groups -OCH3 is 1. The van der Waals surface area contributed by atoms with Crippen molar-refractivity contribution in [2.45, 2.75) is 20.0 Å². The zero-order chi connectivity index (χ0) is 17.6. The lowest BCUT2D eigenvalue weighted by Gasteiger charge is -2.12. The van der Waals surface area contributed by atoms with Crippen LogP contribution >= 0.6 is 0 Å². The molecule has 5 heteroatoms. The Morgan fingerprint density at radius 2 is 1.96 bits per heavy atom. The molecular formula is C20H21N3O2. The number of nitrogens with zero attached hydrogens (tertiary/aromatic N) is 2. The van der Waals surface area contributed by atoms with Crippen LogP contribution in [0.25, 0.3) is 0 Å². The van der Waals surface area contributed by atoms with Crippen LogP contribution in [0.5, 0.6) is 5.75 Å². The van der Waals surface area contributed by atoms with Gasteiger partial charge in [0.15, 0.2) is 0 Å². The molecule has 0 radical (unpaired) electrons. The van der Waals surface area contributed by atoms with Crippen LogP contribution in [-0.2, 0) is 13.1 Å². The highest BCUT2D eigenvalue weighted by Gasteiger charge is 2.10. The lowest BCUT2D eigenvalue weighted by atomic mass is 10.1. The van der Waals surface area contributed by atoms with Gasteiger partial charge in [0.05, 0.1) is 13.7 Å². The van der Waals surface area contributed by atoms with Gasteiger partial charge in [-0.2, -0.15) is 5.10 Å². The minimum absolute atomic E-state index is 0.118. The molecule has 0 aliphatic carbocycles. The monoisotopic (exact) mass is 335 g/mol. The van der Waals surface area contributed by atoms with Gasteiger partial charge < -0.3 is 10.1 Å². The summed E-state index contributed by atoms with van der Waals surface area (Å²) in [4.78, 5) is 12.4. The highest BCUT2D eigenvalue weighted by atomic mass is 16.5. The Hall–Kier alpha value is -3.08. The van der Waals surface area contributed by atoms with E-state index in [1.54, 1.807) is 19.4 Å². The van der Waals surface area contributed by atoms with Crippen LogP contribution in [0.2, 0.25) is 0 Å². The first-order valence-electron chi connectivity index (χ1n) is 8.14. The van der Waals surface area contributed by atoms with Crippen molar-refractivity contribution >= 4 is 5.91 Å². The van der Waals surface area contributed by atoms with Gasteiger partial charge in [-0.05, 0) is 41.8 Å². The molecule has 128 valence electrons. The van der Waals surface area contributed by atoms with E-state index in [2.05, 4.69) is 16.5 Å². The summed E-state index contributed by atoms with van der Waals surface area (Å²) in [5.74, 6) is 0.596. The molecule has 0 unspecified atom stereocenters. The second-order valence-electron chi connectivity index (χ2n) is 5.84. The zero-order valence-electron chi connectivity index (χ0n) is 14.4. The molecule has 0 aliphatic heterocycles. The fraction of sp³-hybridized carbons (Fsp3) is 0.200. The molecule has 0 saturated heterocycles. The van der Waals surface area contributed by atoms with E-state index in [-0.39, 0.29) is 5.91 Å². The topological polar surface area (TPSA) is 56.1 Å². The first-order valence-corrected chi connectivity index (χ1v) is 8.14. The molecular weight excluding hydrogens is 314 g/mol. The molecule has 2 aromatic carbocycles. The number of hydrogen-bond acceptors (Lipinski definition) is 3. The van der Waals surface area contributed by atoms with Crippen LogP contribution in [-0.4, -0.2) is 22.8 Å². The SMILES string of the molecule is COc1cc(C(=O)NCc2ccccc2Cn2cccn2)ccc1C. The van der Waals surface area contributed by atoms with Crippen LogP contribution < -0.4 is 10.1 Å². The van der Waals surface area contributed by atoms with Crippen molar-refractivity contribution in [1.29, 1.82) is 0 Å². The predicted molar refractivity (Wildman–Crippen MR) is 96.7 cm³/mol. The fourth-order valence-corrected chi connectivity index (χ4v) is 2.69. The second-order valence-corrected chi connectivity index (χ2v) is 5.84. The Balaban J connectivity index is 1.70. The van der Waals surface area contributed by atoms with E-state index in [1.165, 1.54) is 0 Å². The molecule has 1 N–H and O–H groups in total. The quantitative estimate of drug-likeness (QED) is 0.753. The maximum atomic E-state index is 12.4.